The number of fused-ring (bicyclic) bond motifs is 3. The Morgan fingerprint density at radius 1 is 1.31 bits per heavy atom. The Morgan fingerprint density at radius 3 is 2.92 bits per heavy atom. The molecule has 0 aliphatic heterocycles. The summed E-state index contributed by atoms with van der Waals surface area (Å²) in [6.07, 6.45) is 4.07. The number of benzene rings is 1. The van der Waals surface area contributed by atoms with E-state index in [0.29, 0.717) is 15.7 Å². The lowest BCUT2D eigenvalue weighted by atomic mass is 10.0. The lowest BCUT2D eigenvalue weighted by Gasteiger charge is -2.10. The Labute approximate surface area is 157 Å². The molecule has 0 unspecified atom stereocenters. The third-order valence-corrected chi connectivity index (χ3v) is 5.72. The van der Waals surface area contributed by atoms with E-state index in [1.807, 2.05) is 0 Å². The first-order valence-electron chi connectivity index (χ1n) is 8.22. The zero-order valence-corrected chi connectivity index (χ0v) is 15.3. The molecule has 0 amide bonds. The van der Waals surface area contributed by atoms with Crippen LogP contribution in [0.2, 0.25) is 5.02 Å². The lowest BCUT2D eigenvalue weighted by Crippen LogP contribution is -2.18. The van der Waals surface area contributed by atoms with Crippen LogP contribution in [-0.4, -0.2) is 20.5 Å². The number of thiazole rings is 1. The molecule has 6 nitrogen and oxygen atoms in total. The van der Waals surface area contributed by atoms with Crippen molar-refractivity contribution in [2.24, 2.45) is 0 Å². The first-order valence-corrected chi connectivity index (χ1v) is 9.41. The summed E-state index contributed by atoms with van der Waals surface area (Å²) >= 11 is 7.27. The van der Waals surface area contributed by atoms with Crippen LogP contribution in [0.3, 0.4) is 0 Å². The van der Waals surface area contributed by atoms with E-state index in [0.717, 1.165) is 31.4 Å². The molecule has 4 rings (SSSR count). The zero-order valence-electron chi connectivity index (χ0n) is 13.7. The van der Waals surface area contributed by atoms with Crippen molar-refractivity contribution in [1.82, 2.24) is 9.38 Å². The van der Waals surface area contributed by atoms with Crippen molar-refractivity contribution in [3.8, 4) is 5.75 Å². The number of aryl methyl sites for hydroxylation is 2. The molecule has 3 aromatic rings. The minimum atomic E-state index is -0.702. The normalized spacial score (nSPS) is 13.6. The van der Waals surface area contributed by atoms with Crippen molar-refractivity contribution in [2.45, 2.75) is 32.3 Å². The highest BCUT2D eigenvalue weighted by atomic mass is 35.5. The maximum Gasteiger partial charge on any atom is 0.342 e. The van der Waals surface area contributed by atoms with E-state index in [1.165, 1.54) is 40.5 Å². The summed E-state index contributed by atoms with van der Waals surface area (Å²) in [5, 5.41) is 10.1. The van der Waals surface area contributed by atoms with E-state index in [4.69, 9.17) is 16.3 Å². The molecule has 0 atom stereocenters. The summed E-state index contributed by atoms with van der Waals surface area (Å²) < 4.78 is 6.85. The number of phenolic OH excluding ortho intramolecular Hbond substituents is 1. The molecule has 1 N–H and O–H groups in total. The van der Waals surface area contributed by atoms with Gasteiger partial charge in [-0.2, -0.15) is 0 Å². The Bertz CT molecular complexity index is 1070. The molecule has 0 fully saturated rings. The zero-order chi connectivity index (χ0) is 18.3. The summed E-state index contributed by atoms with van der Waals surface area (Å²) in [7, 11) is 0. The number of phenols is 1. The number of esters is 1. The van der Waals surface area contributed by atoms with Crippen LogP contribution in [-0.2, 0) is 24.2 Å². The van der Waals surface area contributed by atoms with Gasteiger partial charge in [0, 0.05) is 21.7 Å². The second-order valence-electron chi connectivity index (χ2n) is 6.12. The third kappa shape index (κ3) is 3.08. The number of hydrogen-bond acceptors (Lipinski definition) is 6. The Balaban J connectivity index is 1.58. The molecule has 2 heterocycles. The number of hydrogen-bond donors (Lipinski definition) is 1. The van der Waals surface area contributed by atoms with Crippen molar-refractivity contribution < 1.29 is 14.6 Å². The van der Waals surface area contributed by atoms with Gasteiger partial charge >= 0.3 is 5.97 Å². The molecule has 0 saturated heterocycles. The molecule has 0 radical (unpaired) electrons. The van der Waals surface area contributed by atoms with Gasteiger partial charge in [-0.15, -0.1) is 11.3 Å². The average molecular weight is 391 g/mol. The Kier molecular flexibility index (Phi) is 4.42. The van der Waals surface area contributed by atoms with E-state index in [-0.39, 0.29) is 23.5 Å². The highest BCUT2D eigenvalue weighted by Crippen LogP contribution is 2.28. The number of aromatic nitrogens is 2. The van der Waals surface area contributed by atoms with Gasteiger partial charge in [0.1, 0.15) is 17.9 Å². The maximum atomic E-state index is 12.5. The number of rotatable bonds is 3. The predicted octanol–water partition coefficient (Wildman–Crippen LogP) is 3.35. The first kappa shape index (κ1) is 17.1. The fourth-order valence-corrected chi connectivity index (χ4v) is 4.51. The molecule has 1 aliphatic carbocycles. The summed E-state index contributed by atoms with van der Waals surface area (Å²) in [5.41, 5.74) is 1.30. The second-order valence-corrected chi connectivity index (χ2v) is 7.62. The minimum absolute atomic E-state index is 0.0128. The van der Waals surface area contributed by atoms with Crippen LogP contribution in [0.5, 0.6) is 5.75 Å². The largest absolute Gasteiger partial charge is 0.507 e. The molecule has 134 valence electrons. The van der Waals surface area contributed by atoms with Crippen LogP contribution in [0.25, 0.3) is 4.96 Å². The van der Waals surface area contributed by atoms with Crippen LogP contribution in [0, 0.1) is 0 Å². The van der Waals surface area contributed by atoms with Gasteiger partial charge in [-0.05, 0) is 43.9 Å². The van der Waals surface area contributed by atoms with Gasteiger partial charge in [0.25, 0.3) is 5.56 Å². The fraction of sp³-hybridized carbons (Fsp3) is 0.278. The molecule has 0 spiro atoms. The number of carbonyl (C=O) groups excluding carboxylic acids is 1. The average Bonchev–Trinajstić information content (AvgIpc) is 2.98. The summed E-state index contributed by atoms with van der Waals surface area (Å²) in [5.74, 6) is -0.955. The van der Waals surface area contributed by atoms with Gasteiger partial charge in [0.05, 0.1) is 5.69 Å². The van der Waals surface area contributed by atoms with E-state index in [2.05, 4.69) is 4.98 Å². The van der Waals surface area contributed by atoms with Gasteiger partial charge in [-0.25, -0.2) is 9.78 Å². The van der Waals surface area contributed by atoms with Crippen LogP contribution in [0.15, 0.2) is 29.1 Å². The summed E-state index contributed by atoms with van der Waals surface area (Å²) in [4.78, 5) is 30.9. The van der Waals surface area contributed by atoms with Crippen LogP contribution >= 0.6 is 22.9 Å². The van der Waals surface area contributed by atoms with E-state index < -0.39 is 5.97 Å². The quantitative estimate of drug-likeness (QED) is 0.693. The smallest absolute Gasteiger partial charge is 0.342 e. The number of carbonyl (C=O) groups is 1. The van der Waals surface area contributed by atoms with E-state index >= 15 is 0 Å². The Hall–Kier alpha value is -2.38. The predicted molar refractivity (Wildman–Crippen MR) is 98.2 cm³/mol. The molecule has 0 bridgehead atoms. The van der Waals surface area contributed by atoms with E-state index in [1.54, 1.807) is 4.40 Å². The number of nitrogens with zero attached hydrogens (tertiary/aromatic N) is 2. The molecule has 26 heavy (non-hydrogen) atoms. The van der Waals surface area contributed by atoms with Crippen molar-refractivity contribution in [3.63, 3.8) is 0 Å². The second kappa shape index (κ2) is 6.74. The van der Waals surface area contributed by atoms with Gasteiger partial charge in [0.15, 0.2) is 4.96 Å². The van der Waals surface area contributed by atoms with Gasteiger partial charge < -0.3 is 9.84 Å². The summed E-state index contributed by atoms with van der Waals surface area (Å²) in [6.45, 7) is -0.144. The van der Waals surface area contributed by atoms with Gasteiger partial charge in [0.2, 0.25) is 0 Å². The Morgan fingerprint density at radius 2 is 2.12 bits per heavy atom. The minimum Gasteiger partial charge on any atom is -0.507 e. The van der Waals surface area contributed by atoms with Crippen LogP contribution < -0.4 is 5.56 Å². The third-order valence-electron chi connectivity index (χ3n) is 4.35. The van der Waals surface area contributed by atoms with E-state index in [9.17, 15) is 14.7 Å². The molecular formula is C18H15ClN2O4S. The first-order chi connectivity index (χ1) is 12.5. The highest BCUT2D eigenvalue weighted by Gasteiger charge is 2.19. The van der Waals surface area contributed by atoms with Crippen LogP contribution in [0.1, 0.15) is 39.5 Å². The molecule has 1 aliphatic rings. The van der Waals surface area contributed by atoms with Crippen molar-refractivity contribution in [3.05, 3.63) is 61.5 Å². The monoisotopic (exact) mass is 390 g/mol. The number of halogens is 1. The summed E-state index contributed by atoms with van der Waals surface area (Å²) in [6, 6.07) is 5.54. The fourth-order valence-electron chi connectivity index (χ4n) is 3.11. The van der Waals surface area contributed by atoms with Crippen molar-refractivity contribution >= 4 is 33.9 Å². The molecule has 2 aromatic heterocycles. The van der Waals surface area contributed by atoms with Crippen LogP contribution in [0.4, 0.5) is 0 Å². The molecule has 8 heteroatoms. The van der Waals surface area contributed by atoms with Crippen molar-refractivity contribution in [1.29, 1.82) is 0 Å². The maximum absolute atomic E-state index is 12.5. The topological polar surface area (TPSA) is 80.9 Å². The standard InChI is InChI=1S/C18H15ClN2O4S/c19-10-5-6-12(14(22)7-10)17(24)25-9-11-8-16(23)21-13-3-1-2-4-15(13)26-18(21)20-11/h5-8,22H,1-4,9H2. The van der Waals surface area contributed by atoms with Crippen molar-refractivity contribution in [2.75, 3.05) is 0 Å². The molecule has 0 saturated carbocycles. The van der Waals surface area contributed by atoms with Gasteiger partial charge in [-0.1, -0.05) is 11.6 Å². The number of aromatic hydroxyl groups is 1. The molecule has 1 aromatic carbocycles. The molecular weight excluding hydrogens is 376 g/mol. The number of ether oxygens (including phenoxy) is 1. The lowest BCUT2D eigenvalue weighted by molar-refractivity contribution is 0.0464. The van der Waals surface area contributed by atoms with Gasteiger partial charge in [-0.3, -0.25) is 9.20 Å². The highest BCUT2D eigenvalue weighted by molar-refractivity contribution is 7.17. The SMILES string of the molecule is O=C(OCc1cc(=O)n2c3c(sc2n1)CCCC3)c1ccc(Cl)cc1O.